The number of ether oxygens (including phenoxy) is 1. The Labute approximate surface area is 128 Å². The highest BCUT2D eigenvalue weighted by molar-refractivity contribution is 6.34. The lowest BCUT2D eigenvalue weighted by molar-refractivity contribution is 0.415. The standard InChI is InChI=1S/C15H17Cl2NO2/c1-7-8(2)20-9(3)14(7)15(18)10-5-12(17)13(19-4)6-11(10)16/h5-6,15H,18H2,1-4H3. The van der Waals surface area contributed by atoms with Crippen molar-refractivity contribution in [3.05, 3.63) is 50.4 Å². The number of hydrogen-bond acceptors (Lipinski definition) is 3. The Bertz CT molecular complexity index is 650. The number of methoxy groups -OCH3 is 1. The van der Waals surface area contributed by atoms with Crippen molar-refractivity contribution in [2.75, 3.05) is 7.11 Å². The van der Waals surface area contributed by atoms with Crippen LogP contribution in [0.4, 0.5) is 0 Å². The Kier molecular flexibility index (Phi) is 4.33. The van der Waals surface area contributed by atoms with Crippen molar-refractivity contribution in [3.63, 3.8) is 0 Å². The van der Waals surface area contributed by atoms with Crippen LogP contribution in [0.3, 0.4) is 0 Å². The first kappa shape index (κ1) is 15.2. The highest BCUT2D eigenvalue weighted by atomic mass is 35.5. The number of halogens is 2. The Morgan fingerprint density at radius 3 is 2.25 bits per heavy atom. The van der Waals surface area contributed by atoms with E-state index in [4.69, 9.17) is 38.1 Å². The van der Waals surface area contributed by atoms with Gasteiger partial charge >= 0.3 is 0 Å². The molecule has 0 spiro atoms. The molecule has 0 bridgehead atoms. The summed E-state index contributed by atoms with van der Waals surface area (Å²) in [7, 11) is 1.55. The first-order valence-electron chi connectivity index (χ1n) is 6.21. The predicted molar refractivity (Wildman–Crippen MR) is 82.0 cm³/mol. The molecular formula is C15H17Cl2NO2. The third-order valence-electron chi connectivity index (χ3n) is 3.53. The van der Waals surface area contributed by atoms with E-state index in [1.54, 1.807) is 19.2 Å². The number of hydrogen-bond donors (Lipinski definition) is 1. The Morgan fingerprint density at radius 2 is 1.75 bits per heavy atom. The molecule has 108 valence electrons. The number of rotatable bonds is 3. The quantitative estimate of drug-likeness (QED) is 0.903. The van der Waals surface area contributed by atoms with Crippen molar-refractivity contribution >= 4 is 23.2 Å². The summed E-state index contributed by atoms with van der Waals surface area (Å²) in [6.07, 6.45) is 0. The molecule has 0 aliphatic rings. The van der Waals surface area contributed by atoms with E-state index in [1.807, 2.05) is 20.8 Å². The van der Waals surface area contributed by atoms with Gasteiger partial charge in [-0.1, -0.05) is 23.2 Å². The zero-order chi connectivity index (χ0) is 15.0. The van der Waals surface area contributed by atoms with Gasteiger partial charge in [-0.25, -0.2) is 0 Å². The summed E-state index contributed by atoms with van der Waals surface area (Å²) >= 11 is 12.4. The normalized spacial score (nSPS) is 12.6. The van der Waals surface area contributed by atoms with E-state index in [2.05, 4.69) is 0 Å². The van der Waals surface area contributed by atoms with E-state index in [9.17, 15) is 0 Å². The van der Waals surface area contributed by atoms with Gasteiger partial charge < -0.3 is 14.9 Å². The van der Waals surface area contributed by atoms with Crippen LogP contribution < -0.4 is 10.5 Å². The maximum absolute atomic E-state index is 6.35. The minimum Gasteiger partial charge on any atom is -0.495 e. The molecule has 0 aliphatic heterocycles. The molecule has 3 nitrogen and oxygen atoms in total. The van der Waals surface area contributed by atoms with Crippen LogP contribution in [0.5, 0.6) is 5.75 Å². The van der Waals surface area contributed by atoms with Gasteiger partial charge in [0.2, 0.25) is 0 Å². The number of aryl methyl sites for hydroxylation is 2. The van der Waals surface area contributed by atoms with Gasteiger partial charge in [-0.2, -0.15) is 0 Å². The van der Waals surface area contributed by atoms with Gasteiger partial charge in [0, 0.05) is 16.7 Å². The first-order chi connectivity index (χ1) is 9.36. The second-order valence-corrected chi connectivity index (χ2v) is 5.55. The minimum atomic E-state index is -0.386. The van der Waals surface area contributed by atoms with Gasteiger partial charge in [-0.15, -0.1) is 0 Å². The predicted octanol–water partition coefficient (Wildman–Crippen LogP) is 4.57. The molecule has 2 N–H and O–H groups in total. The molecule has 2 aromatic rings. The summed E-state index contributed by atoms with van der Waals surface area (Å²) < 4.78 is 10.8. The van der Waals surface area contributed by atoms with Gasteiger partial charge in [0.1, 0.15) is 17.3 Å². The van der Waals surface area contributed by atoms with Crippen LogP contribution in [0, 0.1) is 20.8 Å². The monoisotopic (exact) mass is 313 g/mol. The van der Waals surface area contributed by atoms with E-state index in [0.717, 1.165) is 28.2 Å². The fourth-order valence-corrected chi connectivity index (χ4v) is 2.88. The summed E-state index contributed by atoms with van der Waals surface area (Å²) in [6, 6.07) is 3.04. The van der Waals surface area contributed by atoms with Crippen molar-refractivity contribution in [1.82, 2.24) is 0 Å². The van der Waals surface area contributed by atoms with Crippen LogP contribution in [0.2, 0.25) is 10.0 Å². The van der Waals surface area contributed by atoms with Crippen LogP contribution in [0.15, 0.2) is 16.5 Å². The average Bonchev–Trinajstić information content (AvgIpc) is 2.65. The van der Waals surface area contributed by atoms with Crippen LogP contribution in [-0.4, -0.2) is 7.11 Å². The molecule has 1 atom stereocenters. The third-order valence-corrected chi connectivity index (χ3v) is 4.16. The van der Waals surface area contributed by atoms with Gasteiger partial charge in [-0.05, 0) is 38.0 Å². The molecule has 1 aromatic heterocycles. The average molecular weight is 314 g/mol. The van der Waals surface area contributed by atoms with Crippen molar-refractivity contribution < 1.29 is 9.15 Å². The summed E-state index contributed by atoms with van der Waals surface area (Å²) in [5.41, 5.74) is 9.09. The van der Waals surface area contributed by atoms with Crippen LogP contribution in [0.1, 0.15) is 34.3 Å². The van der Waals surface area contributed by atoms with E-state index >= 15 is 0 Å². The fraction of sp³-hybridized carbons (Fsp3) is 0.333. The number of nitrogens with two attached hydrogens (primary N) is 1. The molecule has 5 heteroatoms. The molecule has 1 unspecified atom stereocenters. The highest BCUT2D eigenvalue weighted by Crippen LogP contribution is 2.37. The third kappa shape index (κ3) is 2.53. The van der Waals surface area contributed by atoms with Crippen molar-refractivity contribution in [2.24, 2.45) is 5.73 Å². The van der Waals surface area contributed by atoms with Crippen LogP contribution >= 0.6 is 23.2 Å². The molecule has 1 aromatic carbocycles. The molecule has 20 heavy (non-hydrogen) atoms. The maximum Gasteiger partial charge on any atom is 0.138 e. The second kappa shape index (κ2) is 5.68. The zero-order valence-corrected chi connectivity index (χ0v) is 13.4. The lowest BCUT2D eigenvalue weighted by Crippen LogP contribution is -2.14. The Balaban J connectivity index is 2.53. The van der Waals surface area contributed by atoms with E-state index < -0.39 is 0 Å². The Morgan fingerprint density at radius 1 is 1.10 bits per heavy atom. The van der Waals surface area contributed by atoms with Gasteiger partial charge in [0.25, 0.3) is 0 Å². The molecular weight excluding hydrogens is 297 g/mol. The SMILES string of the molecule is COc1cc(Cl)c(C(N)c2c(C)oc(C)c2C)cc1Cl. The lowest BCUT2D eigenvalue weighted by atomic mass is 9.96. The van der Waals surface area contributed by atoms with Crippen molar-refractivity contribution in [2.45, 2.75) is 26.8 Å². The topological polar surface area (TPSA) is 48.4 Å². The van der Waals surface area contributed by atoms with Crippen LogP contribution in [0.25, 0.3) is 0 Å². The largest absolute Gasteiger partial charge is 0.495 e. The van der Waals surface area contributed by atoms with Gasteiger partial charge in [0.05, 0.1) is 18.2 Å². The molecule has 0 saturated carbocycles. The van der Waals surface area contributed by atoms with E-state index in [1.165, 1.54) is 0 Å². The number of furan rings is 1. The number of benzene rings is 1. The summed E-state index contributed by atoms with van der Waals surface area (Å²) in [5.74, 6) is 2.20. The summed E-state index contributed by atoms with van der Waals surface area (Å²) in [5, 5.41) is 1.01. The molecule has 0 amide bonds. The van der Waals surface area contributed by atoms with Gasteiger partial charge in [-0.3, -0.25) is 0 Å². The van der Waals surface area contributed by atoms with Gasteiger partial charge in [0.15, 0.2) is 0 Å². The van der Waals surface area contributed by atoms with E-state index in [-0.39, 0.29) is 6.04 Å². The van der Waals surface area contributed by atoms with E-state index in [0.29, 0.717) is 15.8 Å². The highest BCUT2D eigenvalue weighted by Gasteiger charge is 2.22. The molecule has 0 aliphatic carbocycles. The van der Waals surface area contributed by atoms with Crippen molar-refractivity contribution in [1.29, 1.82) is 0 Å². The molecule has 0 fully saturated rings. The maximum atomic E-state index is 6.35. The minimum absolute atomic E-state index is 0.386. The molecule has 2 rings (SSSR count). The molecule has 1 heterocycles. The summed E-state index contributed by atoms with van der Waals surface area (Å²) in [4.78, 5) is 0. The van der Waals surface area contributed by atoms with Crippen molar-refractivity contribution in [3.8, 4) is 5.75 Å². The summed E-state index contributed by atoms with van der Waals surface area (Å²) in [6.45, 7) is 5.80. The first-order valence-corrected chi connectivity index (χ1v) is 6.97. The zero-order valence-electron chi connectivity index (χ0n) is 11.9. The molecule has 0 radical (unpaired) electrons. The second-order valence-electron chi connectivity index (χ2n) is 4.74. The lowest BCUT2D eigenvalue weighted by Gasteiger charge is -2.16. The molecule has 0 saturated heterocycles. The Hall–Kier alpha value is -1.16. The smallest absolute Gasteiger partial charge is 0.138 e. The fourth-order valence-electron chi connectivity index (χ4n) is 2.36. The van der Waals surface area contributed by atoms with Crippen LogP contribution in [-0.2, 0) is 0 Å².